The number of benzene rings is 1. The summed E-state index contributed by atoms with van der Waals surface area (Å²) >= 11 is 0. The molecule has 0 aromatic heterocycles. The van der Waals surface area contributed by atoms with Crippen molar-refractivity contribution in [2.24, 2.45) is 0 Å². The second-order valence-corrected chi connectivity index (χ2v) is 4.24. The molecule has 0 aliphatic heterocycles. The van der Waals surface area contributed by atoms with Crippen molar-refractivity contribution >= 4 is 0 Å². The van der Waals surface area contributed by atoms with E-state index in [1.165, 1.54) is 25.7 Å². The van der Waals surface area contributed by atoms with E-state index in [1.54, 1.807) is 0 Å². The Labute approximate surface area is 108 Å². The van der Waals surface area contributed by atoms with Crippen molar-refractivity contribution in [2.45, 2.75) is 37.8 Å². The van der Waals surface area contributed by atoms with Gasteiger partial charge in [-0.05, 0) is 12.8 Å². The van der Waals surface area contributed by atoms with Crippen LogP contribution in [0.1, 0.15) is 37.4 Å². The van der Waals surface area contributed by atoms with Crippen LogP contribution in [0.3, 0.4) is 0 Å². The summed E-state index contributed by atoms with van der Waals surface area (Å²) in [4.78, 5) is 0. The van der Waals surface area contributed by atoms with Gasteiger partial charge >= 0.3 is 0 Å². The van der Waals surface area contributed by atoms with Crippen LogP contribution < -0.4 is 5.32 Å². The van der Waals surface area contributed by atoms with Gasteiger partial charge in [0.25, 0.3) is 0 Å². The number of rotatable bonds is 4. The third-order valence-electron chi connectivity index (χ3n) is 3.07. The summed E-state index contributed by atoms with van der Waals surface area (Å²) in [6.07, 6.45) is 4.77. The maximum atomic E-state index is 9.90. The van der Waals surface area contributed by atoms with E-state index in [0.717, 1.165) is 5.56 Å². The van der Waals surface area contributed by atoms with E-state index >= 15 is 0 Å². The second kappa shape index (κ2) is 7.08. The molecule has 0 bridgehead atoms. The molecule has 1 radical (unpaired) electrons. The van der Waals surface area contributed by atoms with Gasteiger partial charge in [0.2, 0.25) is 0 Å². The molecular formula is C13H18MnNO-. The SMILES string of the molecule is OC(CNC1CCCC1)c1c[c-]ccc1.[Mn]. The van der Waals surface area contributed by atoms with Crippen molar-refractivity contribution in [1.82, 2.24) is 5.32 Å². The molecule has 0 saturated heterocycles. The summed E-state index contributed by atoms with van der Waals surface area (Å²) in [6, 6.07) is 11.1. The van der Waals surface area contributed by atoms with Crippen molar-refractivity contribution in [3.8, 4) is 0 Å². The van der Waals surface area contributed by atoms with Crippen LogP contribution >= 0.6 is 0 Å². The Morgan fingerprint density at radius 2 is 2.19 bits per heavy atom. The van der Waals surface area contributed by atoms with Gasteiger partial charge in [0.05, 0.1) is 0 Å². The largest absolute Gasteiger partial charge is 0.399 e. The van der Waals surface area contributed by atoms with Crippen LogP contribution in [-0.4, -0.2) is 17.7 Å². The first-order chi connectivity index (χ1) is 7.36. The van der Waals surface area contributed by atoms with Gasteiger partial charge in [0.1, 0.15) is 0 Å². The molecule has 1 unspecified atom stereocenters. The molecule has 2 rings (SSSR count). The number of aliphatic hydroxyl groups is 1. The molecule has 89 valence electrons. The van der Waals surface area contributed by atoms with Gasteiger partial charge in [-0.15, -0.1) is 5.56 Å². The Morgan fingerprint density at radius 3 is 2.81 bits per heavy atom. The minimum absolute atomic E-state index is 0. The van der Waals surface area contributed by atoms with Crippen LogP contribution in [0.5, 0.6) is 0 Å². The Balaban J connectivity index is 0.00000128. The maximum Gasteiger partial charge on any atom is 0.0476 e. The predicted octanol–water partition coefficient (Wildman–Crippen LogP) is 2.05. The zero-order valence-electron chi connectivity index (χ0n) is 9.32. The quantitative estimate of drug-likeness (QED) is 0.640. The number of aliphatic hydroxyl groups excluding tert-OH is 1. The smallest absolute Gasteiger partial charge is 0.0476 e. The van der Waals surface area contributed by atoms with Crippen molar-refractivity contribution in [2.75, 3.05) is 6.54 Å². The Bertz CT molecular complexity index is 285. The molecule has 0 spiro atoms. The third-order valence-corrected chi connectivity index (χ3v) is 3.07. The van der Waals surface area contributed by atoms with E-state index in [2.05, 4.69) is 11.4 Å². The molecule has 1 aromatic rings. The number of hydrogen-bond acceptors (Lipinski definition) is 2. The van der Waals surface area contributed by atoms with E-state index in [-0.39, 0.29) is 17.1 Å². The zero-order chi connectivity index (χ0) is 10.5. The van der Waals surface area contributed by atoms with E-state index < -0.39 is 6.10 Å². The second-order valence-electron chi connectivity index (χ2n) is 4.24. The molecule has 1 saturated carbocycles. The molecule has 0 amide bonds. The van der Waals surface area contributed by atoms with Crippen LogP contribution in [0.2, 0.25) is 0 Å². The van der Waals surface area contributed by atoms with Crippen LogP contribution in [0.4, 0.5) is 0 Å². The van der Waals surface area contributed by atoms with Crippen LogP contribution in [-0.2, 0) is 17.1 Å². The van der Waals surface area contributed by atoms with Crippen molar-refractivity contribution in [3.63, 3.8) is 0 Å². The Morgan fingerprint density at radius 1 is 1.44 bits per heavy atom. The van der Waals surface area contributed by atoms with Crippen LogP contribution in [0.15, 0.2) is 24.3 Å². The molecule has 3 heteroatoms. The van der Waals surface area contributed by atoms with Crippen LogP contribution in [0.25, 0.3) is 0 Å². The Hall–Kier alpha value is -0.341. The molecule has 16 heavy (non-hydrogen) atoms. The van der Waals surface area contributed by atoms with E-state index in [0.29, 0.717) is 12.6 Å². The fourth-order valence-corrected chi connectivity index (χ4v) is 2.14. The van der Waals surface area contributed by atoms with Gasteiger partial charge in [-0.3, -0.25) is 0 Å². The molecule has 1 aromatic carbocycles. The summed E-state index contributed by atoms with van der Waals surface area (Å²) in [5.74, 6) is 0. The van der Waals surface area contributed by atoms with E-state index in [9.17, 15) is 5.11 Å². The first-order valence-electron chi connectivity index (χ1n) is 5.74. The number of nitrogens with one attached hydrogen (secondary N) is 1. The normalized spacial score (nSPS) is 18.1. The monoisotopic (exact) mass is 259 g/mol. The summed E-state index contributed by atoms with van der Waals surface area (Å²) in [6.45, 7) is 0.655. The van der Waals surface area contributed by atoms with Gasteiger partial charge < -0.3 is 10.4 Å². The van der Waals surface area contributed by atoms with Crippen molar-refractivity contribution < 1.29 is 22.2 Å². The topological polar surface area (TPSA) is 32.3 Å². The van der Waals surface area contributed by atoms with Crippen molar-refractivity contribution in [1.29, 1.82) is 0 Å². The summed E-state index contributed by atoms with van der Waals surface area (Å²) in [5, 5.41) is 13.3. The van der Waals surface area contributed by atoms with E-state index in [1.807, 2.05) is 24.3 Å². The van der Waals surface area contributed by atoms with Gasteiger partial charge in [0.15, 0.2) is 0 Å². The van der Waals surface area contributed by atoms with Crippen LogP contribution in [0, 0.1) is 6.07 Å². The van der Waals surface area contributed by atoms with Gasteiger partial charge in [-0.1, -0.05) is 12.8 Å². The minimum Gasteiger partial charge on any atom is -0.399 e. The molecule has 2 N–H and O–H groups in total. The molecule has 1 atom stereocenters. The summed E-state index contributed by atoms with van der Waals surface area (Å²) < 4.78 is 0. The van der Waals surface area contributed by atoms with Gasteiger partial charge in [-0.25, -0.2) is 0 Å². The summed E-state index contributed by atoms with van der Waals surface area (Å²) in [5.41, 5.74) is 0.947. The molecule has 1 aliphatic carbocycles. The molecule has 1 aliphatic rings. The average Bonchev–Trinajstić information content (AvgIpc) is 2.80. The molecule has 1 fully saturated rings. The summed E-state index contributed by atoms with van der Waals surface area (Å²) in [7, 11) is 0. The Kier molecular flexibility index (Phi) is 6.07. The first kappa shape index (κ1) is 13.7. The molecule has 2 nitrogen and oxygen atoms in total. The first-order valence-corrected chi connectivity index (χ1v) is 5.74. The van der Waals surface area contributed by atoms with Crippen molar-refractivity contribution in [3.05, 3.63) is 35.9 Å². The fraction of sp³-hybridized carbons (Fsp3) is 0.538. The maximum absolute atomic E-state index is 9.90. The molecular weight excluding hydrogens is 241 g/mol. The molecule has 0 heterocycles. The van der Waals surface area contributed by atoms with Gasteiger partial charge in [-0.2, -0.15) is 30.3 Å². The average molecular weight is 259 g/mol. The third kappa shape index (κ3) is 3.91. The number of hydrogen-bond donors (Lipinski definition) is 2. The standard InChI is InChI=1S/C13H18NO.Mn/c15-13(11-6-2-1-3-7-11)10-14-12-8-4-5-9-12;/h1-2,6-7,12-15H,4-5,8-10H2;/q-1;. The van der Waals surface area contributed by atoms with E-state index in [4.69, 9.17) is 0 Å². The predicted molar refractivity (Wildman–Crippen MR) is 60.5 cm³/mol. The minimum atomic E-state index is -0.400. The fourth-order valence-electron chi connectivity index (χ4n) is 2.14. The van der Waals surface area contributed by atoms with Gasteiger partial charge in [0, 0.05) is 35.8 Å². The zero-order valence-corrected chi connectivity index (χ0v) is 10.5.